The molecule has 21 heavy (non-hydrogen) atoms. The highest BCUT2D eigenvalue weighted by Crippen LogP contribution is 2.12. The molecule has 1 amide bonds. The lowest BCUT2D eigenvalue weighted by Gasteiger charge is -2.14. The number of thiazole rings is 1. The Labute approximate surface area is 128 Å². The number of nitrogens with zero attached hydrogens (tertiary/aromatic N) is 1. The number of aryl methyl sites for hydroxylation is 1. The zero-order valence-corrected chi connectivity index (χ0v) is 12.9. The average molecular weight is 305 g/mol. The van der Waals surface area contributed by atoms with E-state index >= 15 is 0 Å². The van der Waals surface area contributed by atoms with Gasteiger partial charge in [-0.3, -0.25) is 4.79 Å². The summed E-state index contributed by atoms with van der Waals surface area (Å²) < 4.78 is 5.63. The van der Waals surface area contributed by atoms with Crippen LogP contribution in [0.1, 0.15) is 28.0 Å². The number of nitrogens with one attached hydrogen (secondary N) is 1. The number of nitrogens with two attached hydrogens (primary N) is 1. The Bertz CT molecular complexity index is 595. The highest BCUT2D eigenvalue weighted by atomic mass is 32.1. The van der Waals surface area contributed by atoms with Gasteiger partial charge in [-0.2, -0.15) is 0 Å². The summed E-state index contributed by atoms with van der Waals surface area (Å²) in [6.45, 7) is 4.67. The maximum atomic E-state index is 12.0. The predicted octanol–water partition coefficient (Wildman–Crippen LogP) is 2.11. The Balaban J connectivity index is 1.82. The predicted molar refractivity (Wildman–Crippen MR) is 83.6 cm³/mol. The second-order valence-electron chi connectivity index (χ2n) is 4.83. The van der Waals surface area contributed by atoms with Gasteiger partial charge in [-0.05, 0) is 26.0 Å². The Kier molecular flexibility index (Phi) is 5.30. The molecule has 1 heterocycles. The summed E-state index contributed by atoms with van der Waals surface area (Å²) in [7, 11) is 0. The maximum absolute atomic E-state index is 12.0. The van der Waals surface area contributed by atoms with Crippen molar-refractivity contribution >= 4 is 17.2 Å². The van der Waals surface area contributed by atoms with Crippen LogP contribution in [-0.2, 0) is 6.54 Å². The van der Waals surface area contributed by atoms with Gasteiger partial charge in [0.2, 0.25) is 0 Å². The number of ether oxygens (including phenoxy) is 1. The van der Waals surface area contributed by atoms with Crippen LogP contribution >= 0.6 is 11.3 Å². The molecule has 2 aromatic rings. The molecule has 0 spiro atoms. The molecule has 2 rings (SSSR count). The second-order valence-corrected chi connectivity index (χ2v) is 5.77. The summed E-state index contributed by atoms with van der Waals surface area (Å²) in [5.74, 6) is 0.590. The molecule has 1 atom stereocenters. The summed E-state index contributed by atoms with van der Waals surface area (Å²) >= 11 is 1.39. The molecule has 0 aliphatic carbocycles. The lowest BCUT2D eigenvalue weighted by atomic mass is 10.2. The minimum Gasteiger partial charge on any atom is -0.491 e. The third-order valence-corrected chi connectivity index (χ3v) is 3.73. The van der Waals surface area contributed by atoms with E-state index in [1.54, 1.807) is 5.38 Å². The zero-order valence-electron chi connectivity index (χ0n) is 12.1. The van der Waals surface area contributed by atoms with Crippen LogP contribution in [0.2, 0.25) is 0 Å². The zero-order chi connectivity index (χ0) is 15.2. The van der Waals surface area contributed by atoms with E-state index in [-0.39, 0.29) is 11.9 Å². The maximum Gasteiger partial charge on any atom is 0.271 e. The summed E-state index contributed by atoms with van der Waals surface area (Å²) in [5.41, 5.74) is 7.07. The lowest BCUT2D eigenvalue weighted by Crippen LogP contribution is -2.37. The Morgan fingerprint density at radius 2 is 2.14 bits per heavy atom. The molecule has 6 heteroatoms. The van der Waals surface area contributed by atoms with E-state index in [0.717, 1.165) is 10.8 Å². The molecule has 0 radical (unpaired) electrons. The third kappa shape index (κ3) is 4.54. The molecule has 5 nitrogen and oxygen atoms in total. The van der Waals surface area contributed by atoms with Crippen molar-refractivity contribution in [3.05, 3.63) is 45.9 Å². The molecule has 0 bridgehead atoms. The van der Waals surface area contributed by atoms with E-state index in [1.807, 2.05) is 38.1 Å². The van der Waals surface area contributed by atoms with Crippen molar-refractivity contribution in [2.24, 2.45) is 5.73 Å². The fourth-order valence-electron chi connectivity index (χ4n) is 1.70. The number of amides is 1. The number of hydrogen-bond acceptors (Lipinski definition) is 5. The smallest absolute Gasteiger partial charge is 0.271 e. The quantitative estimate of drug-likeness (QED) is 0.857. The van der Waals surface area contributed by atoms with Gasteiger partial charge >= 0.3 is 0 Å². The fourth-order valence-corrected chi connectivity index (χ4v) is 2.36. The number of rotatable bonds is 6. The monoisotopic (exact) mass is 305 g/mol. The van der Waals surface area contributed by atoms with E-state index in [1.165, 1.54) is 16.9 Å². The van der Waals surface area contributed by atoms with Crippen molar-refractivity contribution in [1.82, 2.24) is 10.3 Å². The third-order valence-electron chi connectivity index (χ3n) is 2.86. The van der Waals surface area contributed by atoms with Gasteiger partial charge in [-0.25, -0.2) is 4.98 Å². The number of aromatic nitrogens is 1. The van der Waals surface area contributed by atoms with Gasteiger partial charge in [0.15, 0.2) is 0 Å². The summed E-state index contributed by atoms with van der Waals surface area (Å²) in [5, 5.41) is 5.32. The molecule has 3 N–H and O–H groups in total. The molecule has 112 valence electrons. The van der Waals surface area contributed by atoms with E-state index in [9.17, 15) is 4.79 Å². The minimum absolute atomic E-state index is 0.109. The van der Waals surface area contributed by atoms with Gasteiger partial charge in [0.05, 0.1) is 6.04 Å². The summed E-state index contributed by atoms with van der Waals surface area (Å²) in [4.78, 5) is 16.1. The molecular weight excluding hydrogens is 286 g/mol. The second kappa shape index (κ2) is 7.19. The Morgan fingerprint density at radius 1 is 1.43 bits per heavy atom. The molecule has 1 aromatic carbocycles. The Hall–Kier alpha value is -1.92. The van der Waals surface area contributed by atoms with Gasteiger partial charge in [0, 0.05) is 11.9 Å². The van der Waals surface area contributed by atoms with E-state index < -0.39 is 0 Å². The van der Waals surface area contributed by atoms with E-state index in [0.29, 0.717) is 18.8 Å². The van der Waals surface area contributed by atoms with Crippen LogP contribution in [0, 0.1) is 6.92 Å². The van der Waals surface area contributed by atoms with E-state index in [4.69, 9.17) is 10.5 Å². The standard InChI is InChI=1S/C15H19N3O2S/c1-10-3-5-12(6-4-10)20-8-11(2)17-15(19)13-9-21-14(7-16)18-13/h3-6,9,11H,7-8,16H2,1-2H3,(H,17,19). The van der Waals surface area contributed by atoms with Crippen molar-refractivity contribution in [2.75, 3.05) is 6.61 Å². The number of benzene rings is 1. The van der Waals surface area contributed by atoms with Gasteiger partial charge in [0.1, 0.15) is 23.1 Å². The topological polar surface area (TPSA) is 77.2 Å². The first-order valence-corrected chi connectivity index (χ1v) is 7.61. The number of hydrogen-bond donors (Lipinski definition) is 2. The molecule has 1 unspecified atom stereocenters. The average Bonchev–Trinajstić information content (AvgIpc) is 2.96. The van der Waals surface area contributed by atoms with E-state index in [2.05, 4.69) is 10.3 Å². The summed E-state index contributed by atoms with van der Waals surface area (Å²) in [6.07, 6.45) is 0. The molecule has 0 aliphatic heterocycles. The molecule has 0 fully saturated rings. The number of carbonyl (C=O) groups is 1. The molecule has 0 saturated carbocycles. The van der Waals surface area contributed by atoms with Crippen LogP contribution in [0.25, 0.3) is 0 Å². The van der Waals surface area contributed by atoms with Crippen LogP contribution in [0.15, 0.2) is 29.6 Å². The van der Waals surface area contributed by atoms with Crippen LogP contribution < -0.4 is 15.8 Å². The molecule has 0 aliphatic rings. The highest BCUT2D eigenvalue weighted by molar-refractivity contribution is 7.09. The first-order chi connectivity index (χ1) is 10.1. The highest BCUT2D eigenvalue weighted by Gasteiger charge is 2.13. The minimum atomic E-state index is -0.203. The van der Waals surface area contributed by atoms with Crippen molar-refractivity contribution in [3.63, 3.8) is 0 Å². The Morgan fingerprint density at radius 3 is 2.76 bits per heavy atom. The largest absolute Gasteiger partial charge is 0.491 e. The first-order valence-electron chi connectivity index (χ1n) is 6.73. The van der Waals surface area contributed by atoms with Crippen molar-refractivity contribution in [3.8, 4) is 5.75 Å². The SMILES string of the molecule is Cc1ccc(OCC(C)NC(=O)c2csc(CN)n2)cc1. The molecule has 1 aromatic heterocycles. The molecule has 0 saturated heterocycles. The van der Waals surface area contributed by atoms with Gasteiger partial charge in [0.25, 0.3) is 5.91 Å². The van der Waals surface area contributed by atoms with Crippen LogP contribution in [0.3, 0.4) is 0 Å². The van der Waals surface area contributed by atoms with Crippen molar-refractivity contribution in [2.45, 2.75) is 26.4 Å². The van der Waals surface area contributed by atoms with Crippen molar-refractivity contribution in [1.29, 1.82) is 0 Å². The van der Waals surface area contributed by atoms with Crippen LogP contribution in [0.5, 0.6) is 5.75 Å². The normalized spacial score (nSPS) is 12.0. The van der Waals surface area contributed by atoms with Gasteiger partial charge < -0.3 is 15.8 Å². The summed E-state index contributed by atoms with van der Waals surface area (Å²) in [6, 6.07) is 7.70. The van der Waals surface area contributed by atoms with Gasteiger partial charge in [-0.1, -0.05) is 17.7 Å². The fraction of sp³-hybridized carbons (Fsp3) is 0.333. The first kappa shape index (κ1) is 15.5. The van der Waals surface area contributed by atoms with Gasteiger partial charge in [-0.15, -0.1) is 11.3 Å². The lowest BCUT2D eigenvalue weighted by molar-refractivity contribution is 0.0922. The number of carbonyl (C=O) groups excluding carboxylic acids is 1. The molecular formula is C15H19N3O2S. The van der Waals surface area contributed by atoms with Crippen molar-refractivity contribution < 1.29 is 9.53 Å². The van der Waals surface area contributed by atoms with Crippen LogP contribution in [0.4, 0.5) is 0 Å². The van der Waals surface area contributed by atoms with Crippen LogP contribution in [-0.4, -0.2) is 23.5 Å².